The summed E-state index contributed by atoms with van der Waals surface area (Å²) in [6.45, 7) is 4.24. The summed E-state index contributed by atoms with van der Waals surface area (Å²) in [5, 5.41) is 3.04. The minimum atomic E-state index is -4.95. The van der Waals surface area contributed by atoms with Crippen molar-refractivity contribution in [2.45, 2.75) is 39.0 Å². The fourth-order valence-corrected chi connectivity index (χ4v) is 2.12. The maximum Gasteiger partial charge on any atom is 0.435 e. The first-order valence-corrected chi connectivity index (χ1v) is 6.04. The number of nitrogens with zero attached hydrogens (tertiary/aromatic N) is 2. The molecule has 0 spiro atoms. The van der Waals surface area contributed by atoms with Gasteiger partial charge in [-0.2, -0.15) is 31.4 Å². The van der Waals surface area contributed by atoms with Gasteiger partial charge in [-0.25, -0.2) is 0 Å². The number of aryl methyl sites for hydroxylation is 1. The SMILES string of the molecule is CC#CC(C)C(C)c1c(C(F)(F)F)nn(C)c1C(F)(F)F. The average Bonchev–Trinajstić information content (AvgIpc) is 2.65. The molecular formula is C13H14F6N2. The predicted molar refractivity (Wildman–Crippen MR) is 64.2 cm³/mol. The first kappa shape index (κ1) is 17.4. The molecular weight excluding hydrogens is 298 g/mol. The van der Waals surface area contributed by atoms with E-state index in [2.05, 4.69) is 16.9 Å². The van der Waals surface area contributed by atoms with E-state index in [1.807, 2.05) is 0 Å². The van der Waals surface area contributed by atoms with Gasteiger partial charge in [0, 0.05) is 18.5 Å². The van der Waals surface area contributed by atoms with E-state index < -0.39 is 41.1 Å². The number of aromatic nitrogens is 2. The van der Waals surface area contributed by atoms with Crippen LogP contribution in [0.2, 0.25) is 0 Å². The molecule has 1 aromatic rings. The van der Waals surface area contributed by atoms with Crippen molar-refractivity contribution in [3.05, 3.63) is 17.0 Å². The molecule has 2 nitrogen and oxygen atoms in total. The molecule has 0 radical (unpaired) electrons. The number of halogens is 6. The highest BCUT2D eigenvalue weighted by Gasteiger charge is 2.47. The van der Waals surface area contributed by atoms with Crippen molar-refractivity contribution < 1.29 is 26.3 Å². The molecule has 0 N–H and O–H groups in total. The van der Waals surface area contributed by atoms with E-state index >= 15 is 0 Å². The van der Waals surface area contributed by atoms with Crippen molar-refractivity contribution in [1.29, 1.82) is 0 Å². The first-order chi connectivity index (χ1) is 9.41. The van der Waals surface area contributed by atoms with Gasteiger partial charge in [0.1, 0.15) is 5.69 Å². The maximum absolute atomic E-state index is 13.1. The highest BCUT2D eigenvalue weighted by Crippen LogP contribution is 2.43. The van der Waals surface area contributed by atoms with Crippen LogP contribution in [0.15, 0.2) is 0 Å². The van der Waals surface area contributed by atoms with Crippen LogP contribution in [0.5, 0.6) is 0 Å². The lowest BCUT2D eigenvalue weighted by molar-refractivity contribution is -0.145. The lowest BCUT2D eigenvalue weighted by atomic mass is 9.87. The van der Waals surface area contributed by atoms with Crippen LogP contribution in [0, 0.1) is 17.8 Å². The summed E-state index contributed by atoms with van der Waals surface area (Å²) < 4.78 is 78.3. The number of hydrogen-bond donors (Lipinski definition) is 0. The molecule has 0 aromatic carbocycles. The summed E-state index contributed by atoms with van der Waals surface area (Å²) in [6, 6.07) is 0. The fourth-order valence-electron chi connectivity index (χ4n) is 2.12. The van der Waals surface area contributed by atoms with Crippen molar-refractivity contribution in [1.82, 2.24) is 9.78 Å². The molecule has 1 rings (SSSR count). The molecule has 21 heavy (non-hydrogen) atoms. The van der Waals surface area contributed by atoms with E-state index in [0.29, 0.717) is 0 Å². The van der Waals surface area contributed by atoms with Crippen LogP contribution in [0.3, 0.4) is 0 Å². The molecule has 0 fully saturated rings. The smallest absolute Gasteiger partial charge is 0.263 e. The Balaban J connectivity index is 3.61. The molecule has 1 heterocycles. The largest absolute Gasteiger partial charge is 0.435 e. The third-order valence-electron chi connectivity index (χ3n) is 3.20. The third-order valence-corrected chi connectivity index (χ3v) is 3.20. The van der Waals surface area contributed by atoms with Crippen molar-refractivity contribution in [2.24, 2.45) is 13.0 Å². The highest BCUT2D eigenvalue weighted by atomic mass is 19.4. The van der Waals surface area contributed by atoms with Crippen molar-refractivity contribution in [2.75, 3.05) is 0 Å². The van der Waals surface area contributed by atoms with Crippen LogP contribution < -0.4 is 0 Å². The van der Waals surface area contributed by atoms with Crippen LogP contribution in [-0.2, 0) is 19.4 Å². The normalized spacial score (nSPS) is 15.3. The minimum absolute atomic E-state index is 0.237. The summed E-state index contributed by atoms with van der Waals surface area (Å²) in [7, 11) is 0.852. The lowest BCUT2D eigenvalue weighted by Crippen LogP contribution is -2.18. The molecule has 0 bridgehead atoms. The van der Waals surface area contributed by atoms with Gasteiger partial charge in [-0.1, -0.05) is 19.8 Å². The van der Waals surface area contributed by atoms with Gasteiger partial charge in [0.15, 0.2) is 5.69 Å². The Morgan fingerprint density at radius 2 is 1.57 bits per heavy atom. The number of rotatable bonds is 2. The highest BCUT2D eigenvalue weighted by molar-refractivity contribution is 5.35. The standard InChI is InChI=1S/C13H14F6N2/c1-5-6-7(2)8(3)9-10(12(14,15)16)20-21(4)11(9)13(17,18)19/h7-8H,1-4H3. The van der Waals surface area contributed by atoms with Crippen LogP contribution >= 0.6 is 0 Å². The van der Waals surface area contributed by atoms with Gasteiger partial charge >= 0.3 is 12.4 Å². The molecule has 1 aromatic heterocycles. The summed E-state index contributed by atoms with van der Waals surface area (Å²) in [4.78, 5) is 0. The summed E-state index contributed by atoms with van der Waals surface area (Å²) in [5.41, 5.74) is -3.74. The second kappa shape index (κ2) is 5.62. The van der Waals surface area contributed by atoms with E-state index in [1.165, 1.54) is 20.8 Å². The van der Waals surface area contributed by atoms with Crippen LogP contribution in [0.25, 0.3) is 0 Å². The Labute approximate surface area is 118 Å². The predicted octanol–water partition coefficient (Wildman–Crippen LogP) is 4.22. The van der Waals surface area contributed by atoms with Crippen molar-refractivity contribution in [3.63, 3.8) is 0 Å². The monoisotopic (exact) mass is 312 g/mol. The van der Waals surface area contributed by atoms with Gasteiger partial charge in [-0.3, -0.25) is 4.68 Å². The zero-order valence-electron chi connectivity index (χ0n) is 11.8. The van der Waals surface area contributed by atoms with Crippen LogP contribution in [-0.4, -0.2) is 9.78 Å². The molecule has 0 amide bonds. The summed E-state index contributed by atoms with van der Waals surface area (Å²) in [6.07, 6.45) is -9.88. The Morgan fingerprint density at radius 1 is 1.05 bits per heavy atom. The zero-order chi connectivity index (χ0) is 16.6. The maximum atomic E-state index is 13.1. The van der Waals surface area contributed by atoms with Gasteiger partial charge < -0.3 is 0 Å². The first-order valence-electron chi connectivity index (χ1n) is 6.04. The average molecular weight is 312 g/mol. The quantitative estimate of drug-likeness (QED) is 0.590. The van der Waals surface area contributed by atoms with E-state index in [1.54, 1.807) is 0 Å². The molecule has 8 heteroatoms. The Bertz CT molecular complexity index is 570. The van der Waals surface area contributed by atoms with Gasteiger partial charge in [-0.15, -0.1) is 5.92 Å². The van der Waals surface area contributed by atoms with Crippen LogP contribution in [0.4, 0.5) is 26.3 Å². The summed E-state index contributed by atoms with van der Waals surface area (Å²) >= 11 is 0. The Kier molecular flexibility index (Phi) is 4.66. The van der Waals surface area contributed by atoms with Gasteiger partial charge in [0.25, 0.3) is 0 Å². The molecule has 0 aliphatic heterocycles. The molecule has 0 aliphatic carbocycles. The van der Waals surface area contributed by atoms with E-state index in [0.717, 1.165) is 7.05 Å². The van der Waals surface area contributed by atoms with Crippen molar-refractivity contribution >= 4 is 0 Å². The van der Waals surface area contributed by atoms with Gasteiger partial charge in [0.2, 0.25) is 0 Å². The minimum Gasteiger partial charge on any atom is -0.263 e. The van der Waals surface area contributed by atoms with Gasteiger partial charge in [0.05, 0.1) is 0 Å². The molecule has 2 unspecified atom stereocenters. The molecule has 2 atom stereocenters. The van der Waals surface area contributed by atoms with E-state index in [4.69, 9.17) is 0 Å². The summed E-state index contributed by atoms with van der Waals surface area (Å²) in [5.74, 6) is 3.37. The van der Waals surface area contributed by atoms with Gasteiger partial charge in [-0.05, 0) is 12.8 Å². The topological polar surface area (TPSA) is 17.8 Å². The fraction of sp³-hybridized carbons (Fsp3) is 0.615. The number of hydrogen-bond acceptors (Lipinski definition) is 1. The number of alkyl halides is 6. The molecule has 0 saturated heterocycles. The third kappa shape index (κ3) is 3.52. The second-order valence-electron chi connectivity index (χ2n) is 4.70. The van der Waals surface area contributed by atoms with Crippen LogP contribution in [0.1, 0.15) is 43.6 Å². The Morgan fingerprint density at radius 3 is 1.95 bits per heavy atom. The van der Waals surface area contributed by atoms with E-state index in [9.17, 15) is 26.3 Å². The Hall–Kier alpha value is -1.65. The molecule has 118 valence electrons. The molecule has 0 aliphatic rings. The van der Waals surface area contributed by atoms with Crippen molar-refractivity contribution in [3.8, 4) is 11.8 Å². The second-order valence-corrected chi connectivity index (χ2v) is 4.70. The zero-order valence-corrected chi connectivity index (χ0v) is 11.8. The lowest BCUT2D eigenvalue weighted by Gasteiger charge is -2.19. The van der Waals surface area contributed by atoms with E-state index in [-0.39, 0.29) is 4.68 Å². The molecule has 0 saturated carbocycles.